The molecule has 4 aromatic rings. The number of halogens is 5. The van der Waals surface area contributed by atoms with Crippen LogP contribution >= 0.6 is 0 Å². The van der Waals surface area contributed by atoms with Crippen LogP contribution in [0.15, 0.2) is 71.6 Å². The van der Waals surface area contributed by atoms with Crippen molar-refractivity contribution in [3.8, 4) is 11.5 Å². The van der Waals surface area contributed by atoms with E-state index in [0.29, 0.717) is 11.3 Å². The molecule has 3 aromatic carbocycles. The summed E-state index contributed by atoms with van der Waals surface area (Å²) in [6.45, 7) is -2.59. The zero-order chi connectivity index (χ0) is 28.9. The molecule has 0 aliphatic heterocycles. The topological polar surface area (TPSA) is 126 Å². The molecular weight excluding hydrogens is 563 g/mol. The van der Waals surface area contributed by atoms with Gasteiger partial charge in [-0.1, -0.05) is 18.2 Å². The molecule has 0 fully saturated rings. The van der Waals surface area contributed by atoms with Gasteiger partial charge in [0.1, 0.15) is 18.1 Å². The number of benzene rings is 3. The normalized spacial score (nSPS) is 13.0. The first kappa shape index (κ1) is 29.0. The van der Waals surface area contributed by atoms with Gasteiger partial charge in [0.2, 0.25) is 0 Å². The van der Waals surface area contributed by atoms with Gasteiger partial charge in [0.15, 0.2) is 5.69 Å². The lowest BCUT2D eigenvalue weighted by molar-refractivity contribution is -0.139. The third kappa shape index (κ3) is 7.37. The van der Waals surface area contributed by atoms with Crippen molar-refractivity contribution in [2.45, 2.75) is 23.8 Å². The first-order valence-corrected chi connectivity index (χ1v) is 13.2. The first-order valence-electron chi connectivity index (χ1n) is 11.7. The van der Waals surface area contributed by atoms with Crippen molar-refractivity contribution in [1.82, 2.24) is 15.5 Å². The predicted molar refractivity (Wildman–Crippen MR) is 135 cm³/mol. The van der Waals surface area contributed by atoms with E-state index in [1.807, 2.05) is 0 Å². The molecule has 1 heterocycles. The molecule has 0 saturated heterocycles. The fourth-order valence-corrected chi connectivity index (χ4v) is 4.83. The highest BCUT2D eigenvalue weighted by atomic mass is 32.2. The van der Waals surface area contributed by atoms with Crippen LogP contribution in [0.5, 0.6) is 11.5 Å². The maximum absolute atomic E-state index is 12.9. The average molecular weight is 587 g/mol. The van der Waals surface area contributed by atoms with Gasteiger partial charge in [-0.15, -0.1) is 0 Å². The third-order valence-corrected chi connectivity index (χ3v) is 6.93. The number of hydrogen-bond donors (Lipinski definition) is 4. The standard InChI is InChI=1S/C25H23F5N4O5S/c26-24(27)39-18-5-2-6-19(12-18)40(36,37)34-16-4-1-3-15(11-16)22(35)14-31-9-10-38-17-7-8-20-21(13-17)32-33-23(20)25(28,29)30/h1-8,11-13,22,24,31,34-35H,9-10,14H2,(H,32,33). The Kier molecular flexibility index (Phi) is 8.76. The molecule has 40 heavy (non-hydrogen) atoms. The van der Waals surface area contributed by atoms with Crippen molar-refractivity contribution in [3.63, 3.8) is 0 Å². The van der Waals surface area contributed by atoms with Crippen LogP contribution in [0.2, 0.25) is 0 Å². The maximum atomic E-state index is 12.9. The van der Waals surface area contributed by atoms with E-state index in [2.05, 4.69) is 25.0 Å². The van der Waals surface area contributed by atoms with Crippen molar-refractivity contribution in [1.29, 1.82) is 0 Å². The van der Waals surface area contributed by atoms with Gasteiger partial charge < -0.3 is 19.9 Å². The fourth-order valence-electron chi connectivity index (χ4n) is 3.74. The molecule has 4 rings (SSSR count). The van der Waals surface area contributed by atoms with Gasteiger partial charge in [0.25, 0.3) is 10.0 Å². The highest BCUT2D eigenvalue weighted by Gasteiger charge is 2.35. The maximum Gasteiger partial charge on any atom is 0.435 e. The Bertz CT molecular complexity index is 1560. The van der Waals surface area contributed by atoms with E-state index in [-0.39, 0.29) is 46.9 Å². The van der Waals surface area contributed by atoms with Crippen LogP contribution in [0.4, 0.5) is 27.6 Å². The number of sulfonamides is 1. The van der Waals surface area contributed by atoms with Crippen molar-refractivity contribution in [2.75, 3.05) is 24.4 Å². The molecule has 0 bridgehead atoms. The zero-order valence-corrected chi connectivity index (χ0v) is 21.3. The van der Waals surface area contributed by atoms with E-state index in [9.17, 15) is 35.5 Å². The molecule has 0 spiro atoms. The molecule has 1 aromatic heterocycles. The lowest BCUT2D eigenvalue weighted by atomic mass is 10.1. The second kappa shape index (κ2) is 12.1. The molecule has 0 saturated carbocycles. The third-order valence-electron chi connectivity index (χ3n) is 5.55. The number of aliphatic hydroxyl groups is 1. The Balaban J connectivity index is 1.28. The van der Waals surface area contributed by atoms with Crippen molar-refractivity contribution in [2.24, 2.45) is 0 Å². The van der Waals surface area contributed by atoms with E-state index >= 15 is 0 Å². The van der Waals surface area contributed by atoms with E-state index in [4.69, 9.17) is 4.74 Å². The van der Waals surface area contributed by atoms with Gasteiger partial charge in [-0.05, 0) is 42.0 Å². The molecule has 1 atom stereocenters. The molecule has 9 nitrogen and oxygen atoms in total. The number of H-pyrrole nitrogens is 1. The second-order valence-corrected chi connectivity index (χ2v) is 10.1. The number of anilines is 1. The molecule has 0 amide bonds. The van der Waals surface area contributed by atoms with Crippen molar-refractivity contribution >= 4 is 26.6 Å². The highest BCUT2D eigenvalue weighted by molar-refractivity contribution is 7.92. The van der Waals surface area contributed by atoms with Gasteiger partial charge in [0, 0.05) is 36.3 Å². The van der Waals surface area contributed by atoms with Gasteiger partial charge in [-0.2, -0.15) is 27.1 Å². The Morgan fingerprint density at radius 2 is 1.77 bits per heavy atom. The van der Waals surface area contributed by atoms with Gasteiger partial charge in [0.05, 0.1) is 16.5 Å². The number of rotatable bonds is 12. The second-order valence-electron chi connectivity index (χ2n) is 8.43. The summed E-state index contributed by atoms with van der Waals surface area (Å²) >= 11 is 0. The number of alkyl halides is 5. The van der Waals surface area contributed by atoms with Crippen molar-refractivity contribution < 1.29 is 45.0 Å². The first-order chi connectivity index (χ1) is 18.9. The number of fused-ring (bicyclic) bond motifs is 1. The van der Waals surface area contributed by atoms with Gasteiger partial charge >= 0.3 is 12.8 Å². The summed E-state index contributed by atoms with van der Waals surface area (Å²) in [6.07, 6.45) is -5.59. The van der Waals surface area contributed by atoms with E-state index in [1.165, 1.54) is 54.6 Å². The number of aromatic nitrogens is 2. The van der Waals surface area contributed by atoms with Gasteiger partial charge in [-0.25, -0.2) is 8.42 Å². The SMILES string of the molecule is O=S(=O)(Nc1cccc(C(O)CNCCOc2ccc3c(C(F)(F)F)n[nH]c3c2)c1)c1cccc(OC(F)F)c1. The predicted octanol–water partition coefficient (Wildman–Crippen LogP) is 4.69. The monoisotopic (exact) mass is 586 g/mol. The van der Waals surface area contributed by atoms with Gasteiger partial charge in [-0.3, -0.25) is 9.82 Å². The molecule has 214 valence electrons. The Morgan fingerprint density at radius 1 is 1.00 bits per heavy atom. The molecule has 0 radical (unpaired) electrons. The minimum absolute atomic E-state index is 0.0695. The van der Waals surface area contributed by atoms with E-state index < -0.39 is 34.6 Å². The molecule has 15 heteroatoms. The zero-order valence-electron chi connectivity index (χ0n) is 20.5. The molecular formula is C25H23F5N4O5S. The Labute approximate surface area is 225 Å². The summed E-state index contributed by atoms with van der Waals surface area (Å²) in [5.74, 6) is 0.0214. The van der Waals surface area contributed by atoms with E-state index in [1.54, 1.807) is 6.07 Å². The van der Waals surface area contributed by atoms with Crippen LogP contribution < -0.4 is 19.5 Å². The fraction of sp³-hybridized carbons (Fsp3) is 0.240. The summed E-state index contributed by atoms with van der Waals surface area (Å²) < 4.78 is 101. The van der Waals surface area contributed by atoms with Crippen LogP contribution in [0.25, 0.3) is 10.9 Å². The largest absolute Gasteiger partial charge is 0.492 e. The number of nitrogens with zero attached hydrogens (tertiary/aromatic N) is 1. The highest BCUT2D eigenvalue weighted by Crippen LogP contribution is 2.34. The minimum atomic E-state index is -4.57. The molecule has 4 N–H and O–H groups in total. The Hall–Kier alpha value is -3.95. The number of aromatic amines is 1. The minimum Gasteiger partial charge on any atom is -0.492 e. The lowest BCUT2D eigenvalue weighted by Crippen LogP contribution is -2.26. The molecule has 1 unspecified atom stereocenters. The van der Waals surface area contributed by atoms with Crippen LogP contribution in [0.1, 0.15) is 17.4 Å². The lowest BCUT2D eigenvalue weighted by Gasteiger charge is -2.15. The van der Waals surface area contributed by atoms with Crippen LogP contribution in [0.3, 0.4) is 0 Å². The number of ether oxygens (including phenoxy) is 2. The summed E-state index contributed by atoms with van der Waals surface area (Å²) in [5, 5.41) is 19.1. The summed E-state index contributed by atoms with van der Waals surface area (Å²) in [7, 11) is -4.14. The molecule has 0 aliphatic rings. The summed E-state index contributed by atoms with van der Waals surface area (Å²) in [6, 6.07) is 14.7. The van der Waals surface area contributed by atoms with Crippen LogP contribution in [0, 0.1) is 0 Å². The van der Waals surface area contributed by atoms with Crippen molar-refractivity contribution in [3.05, 3.63) is 78.0 Å². The van der Waals surface area contributed by atoms with Crippen LogP contribution in [-0.4, -0.2) is 50.0 Å². The summed E-state index contributed by atoms with van der Waals surface area (Å²) in [5.41, 5.74) is -0.287. The van der Waals surface area contributed by atoms with Crippen LogP contribution in [-0.2, 0) is 16.2 Å². The quantitative estimate of drug-likeness (QED) is 0.140. The smallest absolute Gasteiger partial charge is 0.435 e. The Morgan fingerprint density at radius 3 is 2.52 bits per heavy atom. The average Bonchev–Trinajstić information content (AvgIpc) is 3.32. The number of hydrogen-bond acceptors (Lipinski definition) is 7. The summed E-state index contributed by atoms with van der Waals surface area (Å²) in [4.78, 5) is -0.286. The van der Waals surface area contributed by atoms with E-state index in [0.717, 1.165) is 6.07 Å². The molecule has 0 aliphatic carbocycles. The number of aliphatic hydroxyl groups excluding tert-OH is 1. The number of nitrogens with one attached hydrogen (secondary N) is 3.